The molecule has 0 saturated carbocycles. The first-order valence-electron chi connectivity index (χ1n) is 8.13. The van der Waals surface area contributed by atoms with Crippen molar-refractivity contribution in [2.75, 3.05) is 13.2 Å². The van der Waals surface area contributed by atoms with E-state index in [0.717, 1.165) is 19.4 Å². The van der Waals surface area contributed by atoms with Crippen LogP contribution in [-0.2, 0) is 9.53 Å². The maximum absolute atomic E-state index is 13.1. The summed E-state index contributed by atoms with van der Waals surface area (Å²) >= 11 is 6.37. The number of nitrogens with zero attached hydrogens (tertiary/aromatic N) is 2. The van der Waals surface area contributed by atoms with Crippen LogP contribution in [0.1, 0.15) is 24.1 Å². The number of nitrogens with one attached hydrogen (secondary N) is 1. The predicted molar refractivity (Wildman–Crippen MR) is 94.3 cm³/mol. The van der Waals surface area contributed by atoms with Crippen LogP contribution >= 0.6 is 11.6 Å². The van der Waals surface area contributed by atoms with E-state index >= 15 is 0 Å². The lowest BCUT2D eigenvalue weighted by atomic mass is 10.2. The van der Waals surface area contributed by atoms with Crippen LogP contribution in [0.5, 0.6) is 0 Å². The number of benzene rings is 1. The second-order valence-corrected chi connectivity index (χ2v) is 6.25. The Labute approximate surface area is 150 Å². The number of ether oxygens (including phenoxy) is 1. The molecule has 1 atom stereocenters. The van der Waals surface area contributed by atoms with Gasteiger partial charge in [-0.2, -0.15) is 5.10 Å². The van der Waals surface area contributed by atoms with Crippen LogP contribution in [0, 0.1) is 12.7 Å². The molecule has 2 aromatic rings. The summed E-state index contributed by atoms with van der Waals surface area (Å²) in [5.74, 6) is -0.535. The quantitative estimate of drug-likeness (QED) is 0.829. The zero-order valence-corrected chi connectivity index (χ0v) is 14.6. The summed E-state index contributed by atoms with van der Waals surface area (Å²) in [6.45, 7) is 3.06. The van der Waals surface area contributed by atoms with Gasteiger partial charge in [-0.3, -0.25) is 4.79 Å². The summed E-state index contributed by atoms with van der Waals surface area (Å²) in [5, 5.41) is 7.54. The molecule has 0 aliphatic carbocycles. The molecule has 1 amide bonds. The number of amides is 1. The van der Waals surface area contributed by atoms with Gasteiger partial charge in [0, 0.05) is 24.8 Å². The van der Waals surface area contributed by atoms with E-state index < -0.39 is 0 Å². The fourth-order valence-electron chi connectivity index (χ4n) is 2.69. The minimum absolute atomic E-state index is 0.101. The van der Waals surface area contributed by atoms with Gasteiger partial charge in [-0.25, -0.2) is 9.07 Å². The lowest BCUT2D eigenvalue weighted by Crippen LogP contribution is -2.30. The van der Waals surface area contributed by atoms with Crippen LogP contribution in [0.2, 0.25) is 5.15 Å². The summed E-state index contributed by atoms with van der Waals surface area (Å²) in [7, 11) is 0. The van der Waals surface area contributed by atoms with Crippen LogP contribution in [0.15, 0.2) is 30.3 Å². The first-order valence-corrected chi connectivity index (χ1v) is 8.51. The molecule has 1 unspecified atom stereocenters. The third-order valence-corrected chi connectivity index (χ3v) is 4.41. The van der Waals surface area contributed by atoms with Crippen LogP contribution in [-0.4, -0.2) is 34.9 Å². The van der Waals surface area contributed by atoms with Crippen molar-refractivity contribution >= 4 is 23.6 Å². The van der Waals surface area contributed by atoms with E-state index in [0.29, 0.717) is 28.6 Å². The largest absolute Gasteiger partial charge is 0.376 e. The van der Waals surface area contributed by atoms with E-state index in [9.17, 15) is 9.18 Å². The van der Waals surface area contributed by atoms with Crippen LogP contribution in [0.3, 0.4) is 0 Å². The zero-order valence-electron chi connectivity index (χ0n) is 13.8. The average Bonchev–Trinajstić information content (AvgIpc) is 3.21. The third kappa shape index (κ3) is 4.27. The molecule has 1 fully saturated rings. The molecule has 0 bridgehead atoms. The molecule has 5 nitrogen and oxygen atoms in total. The molecule has 0 radical (unpaired) electrons. The molecule has 0 spiro atoms. The highest BCUT2D eigenvalue weighted by Crippen LogP contribution is 2.24. The standard InChI is InChI=1S/C18H19ClFN3O2/c1-12-16(8-9-17(24)21-11-15-3-2-10-25-15)18(19)23(22-12)14-6-4-13(20)5-7-14/h4-9,15H,2-3,10-11H2,1H3,(H,21,24)/b9-8+. The number of carbonyl (C=O) groups is 1. The van der Waals surface area contributed by atoms with Crippen molar-refractivity contribution in [1.82, 2.24) is 15.1 Å². The van der Waals surface area contributed by atoms with E-state index in [2.05, 4.69) is 10.4 Å². The minimum atomic E-state index is -0.327. The van der Waals surface area contributed by atoms with E-state index in [1.165, 1.54) is 22.9 Å². The SMILES string of the molecule is Cc1nn(-c2ccc(F)cc2)c(Cl)c1/C=C/C(=O)NCC1CCCO1. The third-order valence-electron chi connectivity index (χ3n) is 4.05. The Bertz CT molecular complexity index is 780. The summed E-state index contributed by atoms with van der Waals surface area (Å²) in [6.07, 6.45) is 5.17. The van der Waals surface area contributed by atoms with Gasteiger partial charge in [-0.05, 0) is 50.1 Å². The topological polar surface area (TPSA) is 56.2 Å². The molecule has 3 rings (SSSR count). The predicted octanol–water partition coefficient (Wildman–Crippen LogP) is 3.28. The molecule has 1 N–H and O–H groups in total. The first-order chi connectivity index (χ1) is 12.0. The average molecular weight is 364 g/mol. The van der Waals surface area contributed by atoms with Crippen LogP contribution < -0.4 is 5.32 Å². The van der Waals surface area contributed by atoms with Gasteiger partial charge in [-0.15, -0.1) is 0 Å². The maximum Gasteiger partial charge on any atom is 0.244 e. The minimum Gasteiger partial charge on any atom is -0.376 e. The highest BCUT2D eigenvalue weighted by Gasteiger charge is 2.16. The highest BCUT2D eigenvalue weighted by molar-refractivity contribution is 6.31. The number of rotatable bonds is 5. The summed E-state index contributed by atoms with van der Waals surface area (Å²) in [4.78, 5) is 11.9. The Morgan fingerprint density at radius 3 is 2.92 bits per heavy atom. The molecule has 1 aliphatic rings. The monoisotopic (exact) mass is 363 g/mol. The molecule has 25 heavy (non-hydrogen) atoms. The van der Waals surface area contributed by atoms with E-state index in [1.807, 2.05) is 0 Å². The summed E-state index contributed by atoms with van der Waals surface area (Å²) < 4.78 is 20.0. The Balaban J connectivity index is 1.69. The number of hydrogen-bond donors (Lipinski definition) is 1. The molecule has 1 saturated heterocycles. The maximum atomic E-state index is 13.1. The Hall–Kier alpha value is -2.18. The summed E-state index contributed by atoms with van der Waals surface area (Å²) in [6, 6.07) is 5.87. The van der Waals surface area contributed by atoms with E-state index in [1.54, 1.807) is 25.1 Å². The molecule has 1 aromatic carbocycles. The fourth-order valence-corrected chi connectivity index (χ4v) is 3.03. The second-order valence-electron chi connectivity index (χ2n) is 5.89. The number of aromatic nitrogens is 2. The van der Waals surface area contributed by atoms with Crippen LogP contribution in [0.25, 0.3) is 11.8 Å². The van der Waals surface area contributed by atoms with Crippen molar-refractivity contribution < 1.29 is 13.9 Å². The Kier molecular flexibility index (Phi) is 5.50. The van der Waals surface area contributed by atoms with Gasteiger partial charge in [0.1, 0.15) is 11.0 Å². The number of hydrogen-bond acceptors (Lipinski definition) is 3. The van der Waals surface area contributed by atoms with Crippen molar-refractivity contribution in [2.24, 2.45) is 0 Å². The Morgan fingerprint density at radius 2 is 2.24 bits per heavy atom. The zero-order chi connectivity index (χ0) is 17.8. The first kappa shape index (κ1) is 17.6. The fraction of sp³-hybridized carbons (Fsp3) is 0.333. The van der Waals surface area contributed by atoms with Gasteiger partial charge in [-0.1, -0.05) is 11.6 Å². The van der Waals surface area contributed by atoms with Crippen molar-refractivity contribution in [3.05, 3.63) is 52.6 Å². The lowest BCUT2D eigenvalue weighted by molar-refractivity contribution is -0.116. The highest BCUT2D eigenvalue weighted by atomic mass is 35.5. The van der Waals surface area contributed by atoms with Crippen LogP contribution in [0.4, 0.5) is 4.39 Å². The molecular weight excluding hydrogens is 345 g/mol. The van der Waals surface area contributed by atoms with E-state index in [4.69, 9.17) is 16.3 Å². The van der Waals surface area contributed by atoms with Crippen molar-refractivity contribution in [3.8, 4) is 5.69 Å². The number of aryl methyl sites for hydroxylation is 1. The molecule has 7 heteroatoms. The number of carbonyl (C=O) groups excluding carboxylic acids is 1. The number of halogens is 2. The van der Waals surface area contributed by atoms with Gasteiger partial charge >= 0.3 is 0 Å². The molecule has 2 heterocycles. The van der Waals surface area contributed by atoms with Gasteiger partial charge < -0.3 is 10.1 Å². The van der Waals surface area contributed by atoms with Gasteiger partial charge in [0.15, 0.2) is 0 Å². The Morgan fingerprint density at radius 1 is 1.48 bits per heavy atom. The van der Waals surface area contributed by atoms with Crippen molar-refractivity contribution in [3.63, 3.8) is 0 Å². The molecule has 132 valence electrons. The van der Waals surface area contributed by atoms with Crippen molar-refractivity contribution in [1.29, 1.82) is 0 Å². The molecule has 1 aromatic heterocycles. The molecular formula is C18H19ClFN3O2. The molecule has 1 aliphatic heterocycles. The smallest absolute Gasteiger partial charge is 0.244 e. The summed E-state index contributed by atoms with van der Waals surface area (Å²) in [5.41, 5.74) is 1.98. The lowest BCUT2D eigenvalue weighted by Gasteiger charge is -2.08. The van der Waals surface area contributed by atoms with Gasteiger partial charge in [0.2, 0.25) is 5.91 Å². The van der Waals surface area contributed by atoms with Crippen molar-refractivity contribution in [2.45, 2.75) is 25.9 Å². The normalized spacial score (nSPS) is 17.3. The second kappa shape index (κ2) is 7.80. The van der Waals surface area contributed by atoms with Gasteiger partial charge in [0.05, 0.1) is 17.5 Å². The van der Waals surface area contributed by atoms with E-state index in [-0.39, 0.29) is 17.8 Å². The van der Waals surface area contributed by atoms with Gasteiger partial charge in [0.25, 0.3) is 0 Å².